The van der Waals surface area contributed by atoms with Crippen LogP contribution in [0, 0.1) is 0 Å². The van der Waals surface area contributed by atoms with E-state index >= 15 is 0 Å². The lowest BCUT2D eigenvalue weighted by Gasteiger charge is -2.17. The van der Waals surface area contributed by atoms with Crippen LogP contribution in [0.15, 0.2) is 11.8 Å². The quantitative estimate of drug-likeness (QED) is 0.402. The van der Waals surface area contributed by atoms with Gasteiger partial charge in [0.25, 0.3) is 0 Å². The highest BCUT2D eigenvalue weighted by molar-refractivity contribution is 9.09. The zero-order valence-corrected chi connectivity index (χ0v) is 6.77. The predicted molar refractivity (Wildman–Crippen MR) is 38.9 cm³/mol. The minimum absolute atomic E-state index is 0.544. The van der Waals surface area contributed by atoms with Crippen molar-refractivity contribution in [1.82, 2.24) is 4.90 Å². The fourth-order valence-corrected chi connectivity index (χ4v) is 1.30. The van der Waals surface area contributed by atoms with Crippen molar-refractivity contribution in [2.24, 2.45) is 0 Å². The smallest absolute Gasteiger partial charge is 0.0874 e. The maximum atomic E-state index is 3.52. The van der Waals surface area contributed by atoms with Crippen molar-refractivity contribution in [2.45, 2.75) is 18.3 Å². The monoisotopic (exact) mass is 175 g/mol. The van der Waals surface area contributed by atoms with Crippen LogP contribution in [0.25, 0.3) is 0 Å². The van der Waals surface area contributed by atoms with Crippen LogP contribution in [-0.4, -0.2) is 16.9 Å². The summed E-state index contributed by atoms with van der Waals surface area (Å²) < 4.78 is 0. The third-order valence-corrected chi connectivity index (χ3v) is 2.57. The third-order valence-electron chi connectivity index (χ3n) is 1.58. The highest BCUT2D eigenvalue weighted by atomic mass is 79.9. The number of rotatable bonds is 0. The van der Waals surface area contributed by atoms with Gasteiger partial charge in [-0.3, -0.25) is 0 Å². The molecule has 1 nitrogen and oxygen atoms in total. The van der Waals surface area contributed by atoms with Crippen molar-refractivity contribution in [3.05, 3.63) is 11.8 Å². The number of hydrogen-bond acceptors (Lipinski definition) is 1. The van der Waals surface area contributed by atoms with Gasteiger partial charge in [-0.25, -0.2) is 0 Å². The molecule has 1 rings (SSSR count). The first-order chi connectivity index (χ1) is 3.72. The van der Waals surface area contributed by atoms with Gasteiger partial charge in [-0.2, -0.15) is 0 Å². The fourth-order valence-electron chi connectivity index (χ4n) is 0.791. The third kappa shape index (κ3) is 0.895. The lowest BCUT2D eigenvalue weighted by atomic mass is 10.4. The highest BCUT2D eigenvalue weighted by Crippen LogP contribution is 2.22. The maximum Gasteiger partial charge on any atom is 0.0874 e. The van der Waals surface area contributed by atoms with Gasteiger partial charge in [0.1, 0.15) is 0 Å². The Kier molecular flexibility index (Phi) is 1.61. The zero-order valence-electron chi connectivity index (χ0n) is 5.19. The topological polar surface area (TPSA) is 3.24 Å². The summed E-state index contributed by atoms with van der Waals surface area (Å²) in [5, 5.41) is 0. The van der Waals surface area contributed by atoms with Gasteiger partial charge >= 0.3 is 0 Å². The standard InChI is InChI=1S/C6H10BrN/c1-5-3-4-6(7)8(5)2/h3,6H,4H2,1-2H3. The van der Waals surface area contributed by atoms with Crippen molar-refractivity contribution in [1.29, 1.82) is 0 Å². The Morgan fingerprint density at radius 3 is 2.62 bits per heavy atom. The van der Waals surface area contributed by atoms with E-state index in [1.807, 2.05) is 0 Å². The highest BCUT2D eigenvalue weighted by Gasteiger charge is 2.15. The molecule has 0 aliphatic carbocycles. The number of allylic oxidation sites excluding steroid dienone is 1. The molecular weight excluding hydrogens is 166 g/mol. The van der Waals surface area contributed by atoms with Crippen LogP contribution < -0.4 is 0 Å². The molecule has 2 heteroatoms. The van der Waals surface area contributed by atoms with Gasteiger partial charge in [-0.05, 0) is 13.3 Å². The molecule has 0 aromatic heterocycles. The lowest BCUT2D eigenvalue weighted by molar-refractivity contribution is 0.434. The average molecular weight is 176 g/mol. The Morgan fingerprint density at radius 1 is 1.88 bits per heavy atom. The molecule has 0 aromatic rings. The second-order valence-electron chi connectivity index (χ2n) is 2.13. The van der Waals surface area contributed by atoms with E-state index < -0.39 is 0 Å². The summed E-state index contributed by atoms with van der Waals surface area (Å²) in [5.41, 5.74) is 1.37. The lowest BCUT2D eigenvalue weighted by Crippen LogP contribution is -2.18. The van der Waals surface area contributed by atoms with Gasteiger partial charge < -0.3 is 4.90 Å². The summed E-state index contributed by atoms with van der Waals surface area (Å²) in [6, 6.07) is 0. The van der Waals surface area contributed by atoms with Crippen molar-refractivity contribution in [2.75, 3.05) is 7.05 Å². The molecule has 0 radical (unpaired) electrons. The van der Waals surface area contributed by atoms with Crippen LogP contribution in [0.4, 0.5) is 0 Å². The molecular formula is C6H10BrN. The molecule has 0 fully saturated rings. The van der Waals surface area contributed by atoms with Crippen LogP contribution in [0.3, 0.4) is 0 Å². The number of hydrogen-bond donors (Lipinski definition) is 0. The molecule has 1 aliphatic heterocycles. The van der Waals surface area contributed by atoms with Gasteiger partial charge in [0.15, 0.2) is 0 Å². The Labute approximate surface area is 58.5 Å². The Hall–Kier alpha value is 0.0200. The van der Waals surface area contributed by atoms with E-state index in [2.05, 4.69) is 40.9 Å². The molecule has 1 aliphatic rings. The first-order valence-corrected chi connectivity index (χ1v) is 3.67. The first-order valence-electron chi connectivity index (χ1n) is 2.75. The maximum absolute atomic E-state index is 3.52. The van der Waals surface area contributed by atoms with Crippen molar-refractivity contribution >= 4 is 15.9 Å². The number of alkyl halides is 1. The summed E-state index contributed by atoms with van der Waals surface area (Å²) >= 11 is 3.52. The van der Waals surface area contributed by atoms with E-state index in [-0.39, 0.29) is 0 Å². The summed E-state index contributed by atoms with van der Waals surface area (Å²) in [5.74, 6) is 0. The van der Waals surface area contributed by atoms with Crippen LogP contribution in [0.2, 0.25) is 0 Å². The normalized spacial score (nSPS) is 28.6. The van der Waals surface area contributed by atoms with E-state index in [1.165, 1.54) is 5.70 Å². The molecule has 0 bridgehead atoms. The predicted octanol–water partition coefficient (Wildman–Crippen LogP) is 1.95. The minimum Gasteiger partial charge on any atom is -0.365 e. The second-order valence-corrected chi connectivity index (χ2v) is 3.18. The molecule has 0 spiro atoms. The molecule has 0 aromatic carbocycles. The second kappa shape index (κ2) is 2.09. The first kappa shape index (κ1) is 6.14. The largest absolute Gasteiger partial charge is 0.365 e. The fraction of sp³-hybridized carbons (Fsp3) is 0.667. The van der Waals surface area contributed by atoms with Crippen molar-refractivity contribution in [3.8, 4) is 0 Å². The SMILES string of the molecule is CC1=CCC(Br)N1C. The Balaban J connectivity index is 2.59. The molecule has 1 atom stereocenters. The van der Waals surface area contributed by atoms with Crippen LogP contribution in [0.1, 0.15) is 13.3 Å². The molecule has 46 valence electrons. The molecule has 0 amide bonds. The number of nitrogens with zero attached hydrogens (tertiary/aromatic N) is 1. The zero-order chi connectivity index (χ0) is 6.15. The van der Waals surface area contributed by atoms with Crippen LogP contribution in [0.5, 0.6) is 0 Å². The van der Waals surface area contributed by atoms with Crippen LogP contribution in [-0.2, 0) is 0 Å². The van der Waals surface area contributed by atoms with Gasteiger partial charge in [-0.1, -0.05) is 22.0 Å². The van der Waals surface area contributed by atoms with Gasteiger partial charge in [0.05, 0.1) is 4.95 Å². The molecule has 8 heavy (non-hydrogen) atoms. The molecule has 0 saturated carbocycles. The molecule has 1 heterocycles. The molecule has 0 saturated heterocycles. The van der Waals surface area contributed by atoms with Crippen LogP contribution >= 0.6 is 15.9 Å². The summed E-state index contributed by atoms with van der Waals surface area (Å²) in [6.07, 6.45) is 3.38. The van der Waals surface area contributed by atoms with Gasteiger partial charge in [-0.15, -0.1) is 0 Å². The summed E-state index contributed by atoms with van der Waals surface area (Å²) in [7, 11) is 2.10. The van der Waals surface area contributed by atoms with E-state index in [0.29, 0.717) is 4.95 Å². The van der Waals surface area contributed by atoms with E-state index in [9.17, 15) is 0 Å². The Bertz CT molecular complexity index is 120. The minimum atomic E-state index is 0.544. The molecule has 0 N–H and O–H groups in total. The van der Waals surface area contributed by atoms with Crippen molar-refractivity contribution < 1.29 is 0 Å². The molecule has 1 unspecified atom stereocenters. The van der Waals surface area contributed by atoms with Gasteiger partial charge in [0.2, 0.25) is 0 Å². The number of halogens is 1. The van der Waals surface area contributed by atoms with E-state index in [1.54, 1.807) is 0 Å². The van der Waals surface area contributed by atoms with E-state index in [4.69, 9.17) is 0 Å². The Morgan fingerprint density at radius 2 is 2.50 bits per heavy atom. The van der Waals surface area contributed by atoms with E-state index in [0.717, 1.165) is 6.42 Å². The average Bonchev–Trinajstić information content (AvgIpc) is 1.98. The van der Waals surface area contributed by atoms with Crippen molar-refractivity contribution in [3.63, 3.8) is 0 Å². The van der Waals surface area contributed by atoms with Gasteiger partial charge in [0, 0.05) is 12.7 Å². The summed E-state index contributed by atoms with van der Waals surface area (Å²) in [4.78, 5) is 2.77. The summed E-state index contributed by atoms with van der Waals surface area (Å²) in [6.45, 7) is 2.13.